The van der Waals surface area contributed by atoms with Gasteiger partial charge in [-0.2, -0.15) is 5.10 Å². The molecule has 56 valence electrons. The van der Waals surface area contributed by atoms with Gasteiger partial charge in [-0.3, -0.25) is 5.10 Å². The zero-order valence-electron chi connectivity index (χ0n) is 6.26. The third kappa shape index (κ3) is 1.33. The third-order valence-electron chi connectivity index (χ3n) is 1.26. The highest BCUT2D eigenvalue weighted by molar-refractivity contribution is 4.93. The van der Waals surface area contributed by atoms with Crippen LogP contribution >= 0.6 is 0 Å². The zero-order chi connectivity index (χ0) is 7.56. The van der Waals surface area contributed by atoms with Crippen LogP contribution < -0.4 is 5.73 Å². The molecule has 1 heterocycles. The lowest BCUT2D eigenvalue weighted by Gasteiger charge is -1.92. The van der Waals surface area contributed by atoms with Crippen LogP contribution in [0.4, 0.5) is 0 Å². The molecule has 0 spiro atoms. The lowest BCUT2D eigenvalue weighted by Crippen LogP contribution is -1.98. The molecular weight excluding hydrogens is 128 g/mol. The van der Waals surface area contributed by atoms with Crippen LogP contribution in [-0.4, -0.2) is 15.2 Å². The van der Waals surface area contributed by atoms with Crippen LogP contribution in [0.1, 0.15) is 31.4 Å². The summed E-state index contributed by atoms with van der Waals surface area (Å²) in [6.45, 7) is 4.52. The van der Waals surface area contributed by atoms with Crippen LogP contribution in [0.15, 0.2) is 0 Å². The van der Waals surface area contributed by atoms with E-state index in [-0.39, 0.29) is 0 Å². The standard InChI is InChI=1S/C6H12N4/c1-4(2)6-8-5(3-7)9-10-6/h4H,3,7H2,1-2H3,(H,8,9,10). The van der Waals surface area contributed by atoms with Crippen molar-refractivity contribution in [2.75, 3.05) is 0 Å². The average Bonchev–Trinajstić information content (AvgIpc) is 2.34. The number of aromatic nitrogens is 3. The molecule has 0 aliphatic heterocycles. The Labute approximate surface area is 59.8 Å². The van der Waals surface area contributed by atoms with E-state index in [1.54, 1.807) is 0 Å². The summed E-state index contributed by atoms with van der Waals surface area (Å²) in [6, 6.07) is 0. The van der Waals surface area contributed by atoms with Crippen molar-refractivity contribution in [3.8, 4) is 0 Å². The second kappa shape index (κ2) is 2.79. The van der Waals surface area contributed by atoms with Crippen molar-refractivity contribution < 1.29 is 0 Å². The van der Waals surface area contributed by atoms with Crippen molar-refractivity contribution >= 4 is 0 Å². The Balaban J connectivity index is 2.78. The van der Waals surface area contributed by atoms with Gasteiger partial charge < -0.3 is 5.73 Å². The fourth-order valence-corrected chi connectivity index (χ4v) is 0.660. The molecule has 0 bridgehead atoms. The minimum atomic E-state index is 0.372. The van der Waals surface area contributed by atoms with Gasteiger partial charge in [0.05, 0.1) is 6.54 Å². The Hall–Kier alpha value is -0.900. The quantitative estimate of drug-likeness (QED) is 0.624. The molecule has 0 saturated heterocycles. The highest BCUT2D eigenvalue weighted by Gasteiger charge is 2.04. The third-order valence-corrected chi connectivity index (χ3v) is 1.26. The summed E-state index contributed by atoms with van der Waals surface area (Å²) < 4.78 is 0. The predicted molar refractivity (Wildman–Crippen MR) is 38.4 cm³/mol. The van der Waals surface area contributed by atoms with Gasteiger partial charge in [0.25, 0.3) is 0 Å². The van der Waals surface area contributed by atoms with Gasteiger partial charge in [-0.05, 0) is 0 Å². The first-order valence-corrected chi connectivity index (χ1v) is 3.35. The first-order chi connectivity index (χ1) is 4.74. The smallest absolute Gasteiger partial charge is 0.153 e. The first kappa shape index (κ1) is 7.21. The molecule has 0 radical (unpaired) electrons. The Morgan fingerprint density at radius 3 is 2.60 bits per heavy atom. The van der Waals surface area contributed by atoms with Crippen LogP contribution in [0.2, 0.25) is 0 Å². The minimum absolute atomic E-state index is 0.372. The number of nitrogens with zero attached hydrogens (tertiary/aromatic N) is 2. The van der Waals surface area contributed by atoms with E-state index in [1.807, 2.05) is 13.8 Å². The van der Waals surface area contributed by atoms with E-state index in [1.165, 1.54) is 0 Å². The van der Waals surface area contributed by atoms with Crippen LogP contribution in [0.25, 0.3) is 0 Å². The molecular formula is C6H12N4. The molecule has 10 heavy (non-hydrogen) atoms. The molecule has 4 heteroatoms. The molecule has 4 nitrogen and oxygen atoms in total. The average molecular weight is 140 g/mol. The number of H-pyrrole nitrogens is 1. The number of hydrogen-bond donors (Lipinski definition) is 2. The summed E-state index contributed by atoms with van der Waals surface area (Å²) in [5, 5.41) is 6.72. The fraction of sp³-hybridized carbons (Fsp3) is 0.667. The summed E-state index contributed by atoms with van der Waals surface area (Å²) in [6.07, 6.45) is 0. The molecule has 0 amide bonds. The molecule has 1 rings (SSSR count). The molecule has 0 aliphatic carbocycles. The van der Waals surface area contributed by atoms with Gasteiger partial charge in [0.1, 0.15) is 5.82 Å². The second-order valence-corrected chi connectivity index (χ2v) is 2.50. The van der Waals surface area contributed by atoms with Crippen LogP contribution in [-0.2, 0) is 6.54 Å². The molecule has 0 unspecified atom stereocenters. The molecule has 0 aromatic carbocycles. The fourth-order valence-electron chi connectivity index (χ4n) is 0.660. The van der Waals surface area contributed by atoms with Gasteiger partial charge in [0.2, 0.25) is 0 Å². The summed E-state index contributed by atoms with van der Waals surface area (Å²) >= 11 is 0. The lowest BCUT2D eigenvalue weighted by molar-refractivity contribution is 0.780. The maximum atomic E-state index is 5.33. The molecule has 1 aromatic rings. The van der Waals surface area contributed by atoms with Crippen LogP contribution in [0.3, 0.4) is 0 Å². The molecule has 0 saturated carbocycles. The highest BCUT2D eigenvalue weighted by atomic mass is 15.2. The van der Waals surface area contributed by atoms with Crippen molar-refractivity contribution in [3.05, 3.63) is 11.6 Å². The Kier molecular flexibility index (Phi) is 2.01. The largest absolute Gasteiger partial charge is 0.324 e. The highest BCUT2D eigenvalue weighted by Crippen LogP contribution is 2.06. The van der Waals surface area contributed by atoms with Crippen molar-refractivity contribution in [1.82, 2.24) is 15.2 Å². The van der Waals surface area contributed by atoms with Crippen LogP contribution in [0.5, 0.6) is 0 Å². The van der Waals surface area contributed by atoms with E-state index in [4.69, 9.17) is 5.73 Å². The van der Waals surface area contributed by atoms with Gasteiger partial charge in [-0.15, -0.1) is 0 Å². The van der Waals surface area contributed by atoms with Gasteiger partial charge in [-0.1, -0.05) is 13.8 Å². The SMILES string of the molecule is CC(C)c1n[nH]c(CN)n1. The maximum absolute atomic E-state index is 5.33. The molecule has 1 aromatic heterocycles. The molecule has 0 atom stereocenters. The first-order valence-electron chi connectivity index (χ1n) is 3.35. The molecule has 0 fully saturated rings. The van der Waals surface area contributed by atoms with Crippen molar-refractivity contribution in [3.63, 3.8) is 0 Å². The van der Waals surface area contributed by atoms with E-state index >= 15 is 0 Å². The van der Waals surface area contributed by atoms with Gasteiger partial charge in [0, 0.05) is 5.92 Å². The Bertz CT molecular complexity index is 203. The maximum Gasteiger partial charge on any atom is 0.153 e. The molecule has 0 aliphatic rings. The summed E-state index contributed by atoms with van der Waals surface area (Å²) in [4.78, 5) is 4.14. The normalized spacial score (nSPS) is 10.8. The van der Waals surface area contributed by atoms with Crippen molar-refractivity contribution in [2.45, 2.75) is 26.3 Å². The van der Waals surface area contributed by atoms with Gasteiger partial charge in [-0.25, -0.2) is 4.98 Å². The minimum Gasteiger partial charge on any atom is -0.324 e. The number of nitrogens with one attached hydrogen (secondary N) is 1. The van der Waals surface area contributed by atoms with E-state index in [9.17, 15) is 0 Å². The van der Waals surface area contributed by atoms with E-state index < -0.39 is 0 Å². The summed E-state index contributed by atoms with van der Waals surface area (Å²) in [5.74, 6) is 1.96. The monoisotopic (exact) mass is 140 g/mol. The van der Waals surface area contributed by atoms with Crippen LogP contribution in [0, 0.1) is 0 Å². The number of aromatic amines is 1. The number of rotatable bonds is 2. The van der Waals surface area contributed by atoms with E-state index in [0.29, 0.717) is 12.5 Å². The topological polar surface area (TPSA) is 67.6 Å². The Morgan fingerprint density at radius 2 is 2.30 bits per heavy atom. The van der Waals surface area contributed by atoms with Gasteiger partial charge >= 0.3 is 0 Å². The van der Waals surface area contributed by atoms with Crippen molar-refractivity contribution in [1.29, 1.82) is 0 Å². The van der Waals surface area contributed by atoms with Crippen molar-refractivity contribution in [2.24, 2.45) is 5.73 Å². The number of hydrogen-bond acceptors (Lipinski definition) is 3. The summed E-state index contributed by atoms with van der Waals surface area (Å²) in [5.41, 5.74) is 5.33. The van der Waals surface area contributed by atoms with Gasteiger partial charge in [0.15, 0.2) is 5.82 Å². The zero-order valence-corrected chi connectivity index (χ0v) is 6.26. The lowest BCUT2D eigenvalue weighted by atomic mass is 10.2. The van der Waals surface area contributed by atoms with E-state index in [0.717, 1.165) is 11.6 Å². The predicted octanol–water partition coefficient (Wildman–Crippen LogP) is 0.387. The van der Waals surface area contributed by atoms with E-state index in [2.05, 4.69) is 15.2 Å². The number of nitrogens with two attached hydrogens (primary N) is 1. The molecule has 3 N–H and O–H groups in total. The Morgan fingerprint density at radius 1 is 1.60 bits per heavy atom. The second-order valence-electron chi connectivity index (χ2n) is 2.50. The summed E-state index contributed by atoms with van der Waals surface area (Å²) in [7, 11) is 0.